The van der Waals surface area contributed by atoms with Crippen LogP contribution in [0.15, 0.2) is 18.2 Å². The number of amides is 1. The van der Waals surface area contributed by atoms with Crippen LogP contribution in [-0.4, -0.2) is 39.5 Å². The summed E-state index contributed by atoms with van der Waals surface area (Å²) >= 11 is 0. The molecule has 3 aliphatic carbocycles. The van der Waals surface area contributed by atoms with Crippen LogP contribution in [0.4, 0.5) is 0 Å². The number of hydrogen-bond donors (Lipinski definition) is 1. The third-order valence-corrected chi connectivity index (χ3v) is 8.52. The summed E-state index contributed by atoms with van der Waals surface area (Å²) in [4.78, 5) is 27.4. The van der Waals surface area contributed by atoms with E-state index >= 15 is 0 Å². The predicted molar refractivity (Wildman–Crippen MR) is 120 cm³/mol. The van der Waals surface area contributed by atoms with Gasteiger partial charge < -0.3 is 10.0 Å². The largest absolute Gasteiger partial charge is 0.508 e. The van der Waals surface area contributed by atoms with Gasteiger partial charge in [0.1, 0.15) is 5.75 Å². The van der Waals surface area contributed by atoms with Crippen molar-refractivity contribution in [2.45, 2.75) is 84.2 Å². The Morgan fingerprint density at radius 2 is 1.90 bits per heavy atom. The average molecular weight is 429 g/mol. The van der Waals surface area contributed by atoms with Crippen molar-refractivity contribution < 1.29 is 14.8 Å². The fraction of sp³-hybridized carbons (Fsp3) is 0.720. The first-order valence-corrected chi connectivity index (χ1v) is 11.9. The van der Waals surface area contributed by atoms with Gasteiger partial charge in [0, 0.05) is 22.4 Å². The van der Waals surface area contributed by atoms with Gasteiger partial charge in [-0.3, -0.25) is 14.9 Å². The Hall–Kier alpha value is -2.11. The molecule has 0 bridgehead atoms. The van der Waals surface area contributed by atoms with E-state index in [1.807, 2.05) is 38.7 Å². The number of rotatable bonds is 5. The van der Waals surface area contributed by atoms with Crippen molar-refractivity contribution >= 4 is 5.91 Å². The van der Waals surface area contributed by atoms with E-state index < -0.39 is 5.41 Å². The van der Waals surface area contributed by atoms with Crippen molar-refractivity contribution in [3.63, 3.8) is 0 Å². The molecule has 6 heteroatoms. The highest BCUT2D eigenvalue weighted by Crippen LogP contribution is 2.63. The van der Waals surface area contributed by atoms with Gasteiger partial charge in [-0.2, -0.15) is 0 Å². The van der Waals surface area contributed by atoms with E-state index in [1.54, 1.807) is 6.07 Å². The highest BCUT2D eigenvalue weighted by molar-refractivity contribution is 5.81. The molecule has 0 heterocycles. The van der Waals surface area contributed by atoms with Crippen LogP contribution in [0.5, 0.6) is 5.75 Å². The van der Waals surface area contributed by atoms with Crippen LogP contribution in [-0.2, 0) is 11.2 Å². The molecule has 5 atom stereocenters. The molecular formula is C25H36N2O4. The lowest BCUT2D eigenvalue weighted by Crippen LogP contribution is -2.54. The number of benzene rings is 1. The number of nitrogens with zero attached hydrogens (tertiary/aromatic N) is 2. The molecule has 1 amide bonds. The summed E-state index contributed by atoms with van der Waals surface area (Å²) in [5.74, 6) is 1.16. The number of nitro groups is 1. The van der Waals surface area contributed by atoms with Crippen LogP contribution < -0.4 is 0 Å². The number of fused-ring (bicyclic) bond motifs is 5. The Morgan fingerprint density at radius 1 is 1.19 bits per heavy atom. The van der Waals surface area contributed by atoms with Crippen molar-refractivity contribution in [1.29, 1.82) is 0 Å². The fourth-order valence-electron chi connectivity index (χ4n) is 7.58. The van der Waals surface area contributed by atoms with Gasteiger partial charge in [0.25, 0.3) is 0 Å². The second kappa shape index (κ2) is 8.10. The number of phenolic OH excluding ortho intramolecular Hbond substituents is 1. The maximum atomic E-state index is 13.7. The molecule has 0 aliphatic heterocycles. The zero-order valence-corrected chi connectivity index (χ0v) is 19.2. The highest BCUT2D eigenvalue weighted by atomic mass is 16.6. The molecule has 2 fully saturated rings. The highest BCUT2D eigenvalue weighted by Gasteiger charge is 2.62. The normalized spacial score (nSPS) is 31.8. The van der Waals surface area contributed by atoms with Crippen molar-refractivity contribution in [2.75, 3.05) is 6.54 Å². The molecule has 6 nitrogen and oxygen atoms in total. The maximum Gasteiger partial charge on any atom is 0.226 e. The van der Waals surface area contributed by atoms with Crippen LogP contribution in [0.1, 0.15) is 76.8 Å². The summed E-state index contributed by atoms with van der Waals surface area (Å²) in [7, 11) is 0. The van der Waals surface area contributed by atoms with Crippen LogP contribution in [0.2, 0.25) is 0 Å². The van der Waals surface area contributed by atoms with Crippen LogP contribution in [0.25, 0.3) is 0 Å². The average Bonchev–Trinajstić information content (AvgIpc) is 3.05. The van der Waals surface area contributed by atoms with Gasteiger partial charge in [-0.15, -0.1) is 0 Å². The summed E-state index contributed by atoms with van der Waals surface area (Å²) in [6.07, 6.45) is 5.19. The van der Waals surface area contributed by atoms with E-state index in [9.17, 15) is 20.0 Å². The molecule has 1 aromatic carbocycles. The lowest BCUT2D eigenvalue weighted by molar-refractivity contribution is -0.503. The van der Waals surface area contributed by atoms with Gasteiger partial charge >= 0.3 is 0 Å². The Balaban J connectivity index is 1.69. The Kier molecular flexibility index (Phi) is 5.78. The molecular weight excluding hydrogens is 392 g/mol. The molecule has 2 saturated carbocycles. The topological polar surface area (TPSA) is 83.7 Å². The fourth-order valence-corrected chi connectivity index (χ4v) is 7.58. The van der Waals surface area contributed by atoms with E-state index in [1.165, 1.54) is 11.1 Å². The van der Waals surface area contributed by atoms with E-state index in [0.717, 1.165) is 38.5 Å². The van der Waals surface area contributed by atoms with Gasteiger partial charge in [-0.25, -0.2) is 0 Å². The summed E-state index contributed by atoms with van der Waals surface area (Å²) in [6.45, 7) is 8.05. The third kappa shape index (κ3) is 3.62. The molecule has 1 N–H and O–H groups in total. The molecule has 0 spiro atoms. The quantitative estimate of drug-likeness (QED) is 0.541. The summed E-state index contributed by atoms with van der Waals surface area (Å²) < 4.78 is 0. The first kappa shape index (κ1) is 22.1. The van der Waals surface area contributed by atoms with Crippen molar-refractivity contribution in [3.8, 4) is 5.75 Å². The van der Waals surface area contributed by atoms with E-state index in [4.69, 9.17) is 0 Å². The Morgan fingerprint density at radius 3 is 2.55 bits per heavy atom. The molecule has 3 aliphatic rings. The number of aromatic hydroxyl groups is 1. The van der Waals surface area contributed by atoms with E-state index in [-0.39, 0.29) is 41.3 Å². The van der Waals surface area contributed by atoms with Crippen LogP contribution >= 0.6 is 0 Å². The third-order valence-electron chi connectivity index (χ3n) is 8.52. The molecule has 170 valence electrons. The van der Waals surface area contributed by atoms with Crippen LogP contribution in [0, 0.1) is 33.3 Å². The van der Waals surface area contributed by atoms with Gasteiger partial charge in [-0.1, -0.05) is 6.07 Å². The van der Waals surface area contributed by atoms with Crippen molar-refractivity contribution in [2.24, 2.45) is 23.2 Å². The molecule has 0 radical (unpaired) electrons. The summed E-state index contributed by atoms with van der Waals surface area (Å²) in [6, 6.07) is 5.88. The summed E-state index contributed by atoms with van der Waals surface area (Å²) in [5, 5.41) is 21.8. The molecule has 0 aromatic heterocycles. The minimum atomic E-state index is -0.530. The second-order valence-electron chi connectivity index (χ2n) is 10.6. The monoisotopic (exact) mass is 428 g/mol. The van der Waals surface area contributed by atoms with Crippen molar-refractivity contribution in [1.82, 2.24) is 4.90 Å². The number of phenols is 1. The SMILES string of the molecule is CC(C)N(C(=O)[C@H]1CC[C@H]2[C@@H]3CCc4cc(O)ccc4[C@H]3CC[C@]12C[N+](=O)[O-])C(C)C. The molecule has 4 rings (SSSR count). The second-order valence-corrected chi connectivity index (χ2v) is 10.6. The molecule has 0 saturated heterocycles. The first-order chi connectivity index (χ1) is 14.7. The van der Waals surface area contributed by atoms with Gasteiger partial charge in [-0.05, 0) is 107 Å². The van der Waals surface area contributed by atoms with Gasteiger partial charge in [0.2, 0.25) is 12.5 Å². The lowest BCUT2D eigenvalue weighted by atomic mass is 9.53. The summed E-state index contributed by atoms with van der Waals surface area (Å²) in [5.41, 5.74) is 2.00. The van der Waals surface area contributed by atoms with Gasteiger partial charge in [0.05, 0.1) is 5.92 Å². The Labute approximate surface area is 185 Å². The number of carbonyl (C=O) groups excluding carboxylic acids is 1. The number of hydrogen-bond acceptors (Lipinski definition) is 4. The smallest absolute Gasteiger partial charge is 0.226 e. The first-order valence-electron chi connectivity index (χ1n) is 11.9. The van der Waals surface area contributed by atoms with E-state index in [2.05, 4.69) is 6.07 Å². The van der Waals surface area contributed by atoms with E-state index in [0.29, 0.717) is 17.6 Å². The minimum absolute atomic E-state index is 0.0878. The minimum Gasteiger partial charge on any atom is -0.508 e. The Bertz CT molecular complexity index is 859. The van der Waals surface area contributed by atoms with Crippen molar-refractivity contribution in [3.05, 3.63) is 39.4 Å². The maximum absolute atomic E-state index is 13.7. The predicted octanol–water partition coefficient (Wildman–Crippen LogP) is 4.77. The molecule has 0 unspecified atom stereocenters. The number of aryl methyl sites for hydroxylation is 1. The van der Waals surface area contributed by atoms with Crippen LogP contribution in [0.3, 0.4) is 0 Å². The van der Waals surface area contributed by atoms with Gasteiger partial charge in [0.15, 0.2) is 0 Å². The zero-order valence-electron chi connectivity index (χ0n) is 19.2. The lowest BCUT2D eigenvalue weighted by Gasteiger charge is -2.51. The molecule has 31 heavy (non-hydrogen) atoms. The zero-order chi connectivity index (χ0) is 22.5. The number of carbonyl (C=O) groups is 1. The standard InChI is InChI=1S/C25H36N2O4/c1-15(2)27(16(3)4)24(29)23-10-9-22-21-7-5-17-13-18(28)6-8-19(17)20(21)11-12-25(22,23)14-26(30)31/h6,8,13,15-16,20-23,28H,5,7,9-12,14H2,1-4H3/t20-,21-,22+,23-,25-/m1/s1. The molecule has 1 aromatic rings.